The van der Waals surface area contributed by atoms with E-state index in [0.717, 1.165) is 27.7 Å². The van der Waals surface area contributed by atoms with Crippen molar-refractivity contribution in [2.75, 3.05) is 0 Å². The highest BCUT2D eigenvalue weighted by molar-refractivity contribution is 6.01. The lowest BCUT2D eigenvalue weighted by molar-refractivity contribution is 0.0961. The van der Waals surface area contributed by atoms with Crippen LogP contribution in [-0.2, 0) is 11.8 Å². The van der Waals surface area contributed by atoms with Crippen LogP contribution in [-0.4, -0.2) is 20.6 Å². The molecule has 0 spiro atoms. The van der Waals surface area contributed by atoms with Gasteiger partial charge in [0, 0.05) is 10.9 Å². The molecule has 0 N–H and O–H groups in total. The molecule has 0 unspecified atom stereocenters. The van der Waals surface area contributed by atoms with Gasteiger partial charge in [-0.1, -0.05) is 62.3 Å². The van der Waals surface area contributed by atoms with Gasteiger partial charge in [0.05, 0.1) is 23.1 Å². The van der Waals surface area contributed by atoms with Crippen molar-refractivity contribution in [2.45, 2.75) is 32.6 Å². The topological polar surface area (TPSA) is 60.9 Å². The third kappa shape index (κ3) is 3.42. The molecule has 5 rings (SSSR count). The first kappa shape index (κ1) is 19.2. The number of para-hydroxylation sites is 3. The highest BCUT2D eigenvalue weighted by atomic mass is 16.5. The zero-order chi connectivity index (χ0) is 21.6. The maximum atomic E-state index is 13.6. The van der Waals surface area contributed by atoms with E-state index in [2.05, 4.69) is 25.9 Å². The first-order valence-electron chi connectivity index (χ1n) is 10.4. The van der Waals surface area contributed by atoms with Crippen LogP contribution in [0.4, 0.5) is 0 Å². The van der Waals surface area contributed by atoms with Crippen LogP contribution in [0.2, 0.25) is 0 Å². The lowest BCUT2D eigenvalue weighted by atomic mass is 9.86. The average Bonchev–Trinajstić information content (AvgIpc) is 3.34. The largest absolute Gasteiger partial charge is 0.356 e. The van der Waals surface area contributed by atoms with Gasteiger partial charge in [-0.3, -0.25) is 9.36 Å². The smallest absolute Gasteiger partial charge is 0.263 e. The van der Waals surface area contributed by atoms with Crippen LogP contribution < -0.4 is 0 Å². The van der Waals surface area contributed by atoms with E-state index < -0.39 is 0 Å². The second kappa shape index (κ2) is 7.20. The zero-order valence-electron chi connectivity index (χ0n) is 17.8. The Kier molecular flexibility index (Phi) is 4.47. The average molecular weight is 409 g/mol. The Morgan fingerprint density at radius 1 is 0.935 bits per heavy atom. The summed E-state index contributed by atoms with van der Waals surface area (Å²) in [5.41, 5.74) is 4.91. The SMILES string of the molecule is CC(C)(C)c1ccc(C(=O)n2c(Cc3noc4ccccc34)nc3ccccc32)cc1. The fourth-order valence-electron chi connectivity index (χ4n) is 3.88. The van der Waals surface area contributed by atoms with E-state index in [9.17, 15) is 4.79 Å². The number of carbonyl (C=O) groups excluding carboxylic acids is 1. The summed E-state index contributed by atoms with van der Waals surface area (Å²) in [5.74, 6) is 0.544. The molecule has 154 valence electrons. The third-order valence-corrected chi connectivity index (χ3v) is 5.61. The molecule has 31 heavy (non-hydrogen) atoms. The van der Waals surface area contributed by atoms with Gasteiger partial charge in [0.25, 0.3) is 5.91 Å². The second-order valence-electron chi connectivity index (χ2n) is 8.79. The van der Waals surface area contributed by atoms with Crippen molar-refractivity contribution in [3.8, 4) is 0 Å². The third-order valence-electron chi connectivity index (χ3n) is 5.61. The highest BCUT2D eigenvalue weighted by Crippen LogP contribution is 2.26. The number of hydrogen-bond donors (Lipinski definition) is 0. The lowest BCUT2D eigenvalue weighted by Gasteiger charge is -2.19. The number of aromatic nitrogens is 3. The molecule has 5 nitrogen and oxygen atoms in total. The van der Waals surface area contributed by atoms with E-state index in [0.29, 0.717) is 17.8 Å². The van der Waals surface area contributed by atoms with Crippen LogP contribution >= 0.6 is 0 Å². The van der Waals surface area contributed by atoms with Gasteiger partial charge in [-0.05, 0) is 47.4 Å². The molecule has 3 aromatic carbocycles. The van der Waals surface area contributed by atoms with E-state index in [4.69, 9.17) is 9.51 Å². The summed E-state index contributed by atoms with van der Waals surface area (Å²) in [6.07, 6.45) is 0.400. The molecule has 0 saturated heterocycles. The molecule has 0 fully saturated rings. The summed E-state index contributed by atoms with van der Waals surface area (Å²) in [6, 6.07) is 23.3. The molecular formula is C26H23N3O2. The first-order valence-corrected chi connectivity index (χ1v) is 10.4. The Bertz CT molecular complexity index is 1400. The molecule has 0 saturated carbocycles. The quantitative estimate of drug-likeness (QED) is 0.380. The highest BCUT2D eigenvalue weighted by Gasteiger charge is 2.21. The van der Waals surface area contributed by atoms with Crippen LogP contribution in [0.5, 0.6) is 0 Å². The fourth-order valence-corrected chi connectivity index (χ4v) is 3.88. The van der Waals surface area contributed by atoms with E-state index in [1.54, 1.807) is 4.57 Å². The van der Waals surface area contributed by atoms with Crippen LogP contribution in [0, 0.1) is 0 Å². The Hall–Kier alpha value is -3.73. The molecule has 0 atom stereocenters. The molecule has 0 radical (unpaired) electrons. The first-order chi connectivity index (χ1) is 14.9. The number of carbonyl (C=O) groups is 1. The van der Waals surface area contributed by atoms with Crippen molar-refractivity contribution in [2.24, 2.45) is 0 Å². The summed E-state index contributed by atoms with van der Waals surface area (Å²) in [6.45, 7) is 6.48. The van der Waals surface area contributed by atoms with E-state index >= 15 is 0 Å². The van der Waals surface area contributed by atoms with Crippen LogP contribution in [0.15, 0.2) is 77.3 Å². The van der Waals surface area contributed by atoms with Crippen LogP contribution in [0.25, 0.3) is 22.0 Å². The van der Waals surface area contributed by atoms with E-state index in [1.807, 2.05) is 72.8 Å². The van der Waals surface area contributed by atoms with Gasteiger partial charge in [-0.15, -0.1) is 0 Å². The molecule has 2 heterocycles. The monoisotopic (exact) mass is 409 g/mol. The van der Waals surface area contributed by atoms with Crippen molar-refractivity contribution in [1.29, 1.82) is 0 Å². The maximum absolute atomic E-state index is 13.6. The predicted octanol–water partition coefficient (Wildman–Crippen LogP) is 5.75. The maximum Gasteiger partial charge on any atom is 0.263 e. The van der Waals surface area contributed by atoms with Gasteiger partial charge in [-0.2, -0.15) is 0 Å². The molecule has 2 aromatic heterocycles. The van der Waals surface area contributed by atoms with Gasteiger partial charge in [0.15, 0.2) is 5.58 Å². The second-order valence-corrected chi connectivity index (χ2v) is 8.79. The van der Waals surface area contributed by atoms with Crippen LogP contribution in [0.3, 0.4) is 0 Å². The van der Waals surface area contributed by atoms with Crippen molar-refractivity contribution >= 4 is 27.9 Å². The molecule has 0 amide bonds. The molecule has 5 heteroatoms. The normalized spacial score (nSPS) is 12.0. The molecule has 5 aromatic rings. The number of nitrogens with zero attached hydrogens (tertiary/aromatic N) is 3. The Morgan fingerprint density at radius 3 is 2.42 bits per heavy atom. The summed E-state index contributed by atoms with van der Waals surface area (Å²) in [4.78, 5) is 18.3. The molecule has 0 bridgehead atoms. The molecule has 0 aliphatic rings. The Labute approximate surface area is 180 Å². The molecular weight excluding hydrogens is 386 g/mol. The molecule has 0 aliphatic carbocycles. The minimum atomic E-state index is -0.100. The lowest BCUT2D eigenvalue weighted by Crippen LogP contribution is -2.17. The number of fused-ring (bicyclic) bond motifs is 2. The summed E-state index contributed by atoms with van der Waals surface area (Å²) in [7, 11) is 0. The number of rotatable bonds is 3. The predicted molar refractivity (Wildman–Crippen MR) is 121 cm³/mol. The van der Waals surface area contributed by atoms with E-state index in [1.165, 1.54) is 5.56 Å². The van der Waals surface area contributed by atoms with Crippen molar-refractivity contribution < 1.29 is 9.32 Å². The van der Waals surface area contributed by atoms with Crippen molar-refractivity contribution in [3.63, 3.8) is 0 Å². The van der Waals surface area contributed by atoms with Crippen LogP contribution in [0.1, 0.15) is 48.2 Å². The standard InChI is InChI=1S/C26H23N3O2/c1-26(2,3)18-14-12-17(13-15-18)25(30)29-22-10-6-5-9-20(22)27-24(29)16-21-19-8-4-7-11-23(19)31-28-21/h4-15H,16H2,1-3H3. The minimum Gasteiger partial charge on any atom is -0.356 e. The number of imidazole rings is 1. The van der Waals surface area contributed by atoms with Crippen molar-refractivity contribution in [1.82, 2.24) is 14.7 Å². The fraction of sp³-hybridized carbons (Fsp3) is 0.192. The summed E-state index contributed by atoms with van der Waals surface area (Å²) < 4.78 is 7.15. The summed E-state index contributed by atoms with van der Waals surface area (Å²) >= 11 is 0. The van der Waals surface area contributed by atoms with Gasteiger partial charge in [0.2, 0.25) is 0 Å². The molecule has 0 aliphatic heterocycles. The van der Waals surface area contributed by atoms with Gasteiger partial charge < -0.3 is 4.52 Å². The number of hydrogen-bond acceptors (Lipinski definition) is 4. The van der Waals surface area contributed by atoms with Crippen molar-refractivity contribution in [3.05, 3.63) is 95.4 Å². The Balaban J connectivity index is 1.60. The van der Waals surface area contributed by atoms with Gasteiger partial charge >= 0.3 is 0 Å². The summed E-state index contributed by atoms with van der Waals surface area (Å²) in [5, 5.41) is 5.17. The number of benzene rings is 3. The van der Waals surface area contributed by atoms with Gasteiger partial charge in [0.1, 0.15) is 5.82 Å². The van der Waals surface area contributed by atoms with Gasteiger partial charge in [-0.25, -0.2) is 4.98 Å². The zero-order valence-corrected chi connectivity index (χ0v) is 17.8. The van der Waals surface area contributed by atoms with E-state index in [-0.39, 0.29) is 11.3 Å². The Morgan fingerprint density at radius 2 is 1.65 bits per heavy atom. The minimum absolute atomic E-state index is 0.0302.